The molecule has 0 saturated carbocycles. The predicted molar refractivity (Wildman–Crippen MR) is 78.0 cm³/mol. The number of aromatic nitrogens is 1. The van der Waals surface area contributed by atoms with Gasteiger partial charge < -0.3 is 9.84 Å². The standard InChI is InChI=1S/C14H20N2O2S/c1-10(6-5-9-17)14(15,18-2)13-16-11-7-3-4-8-12(11)19-13/h3-4,7-8,10,17H,5-6,9,15H2,1-2H3. The van der Waals surface area contributed by atoms with Crippen LogP contribution in [-0.2, 0) is 10.5 Å². The van der Waals surface area contributed by atoms with E-state index in [1.54, 1.807) is 18.4 Å². The first kappa shape index (κ1) is 14.4. The van der Waals surface area contributed by atoms with E-state index in [-0.39, 0.29) is 12.5 Å². The van der Waals surface area contributed by atoms with Gasteiger partial charge in [0, 0.05) is 19.6 Å². The lowest BCUT2D eigenvalue weighted by molar-refractivity contribution is -0.0581. The first-order chi connectivity index (χ1) is 9.11. The molecule has 3 N–H and O–H groups in total. The van der Waals surface area contributed by atoms with Gasteiger partial charge in [-0.25, -0.2) is 4.98 Å². The molecular weight excluding hydrogens is 260 g/mol. The molecular formula is C14H20N2O2S. The van der Waals surface area contributed by atoms with Gasteiger partial charge in [-0.2, -0.15) is 0 Å². The van der Waals surface area contributed by atoms with Crippen LogP contribution < -0.4 is 5.73 Å². The number of fused-ring (bicyclic) bond motifs is 1. The Bertz CT molecular complexity index is 510. The number of nitrogens with two attached hydrogens (primary N) is 1. The number of hydrogen-bond donors (Lipinski definition) is 2. The van der Waals surface area contributed by atoms with E-state index in [2.05, 4.69) is 4.98 Å². The maximum Gasteiger partial charge on any atom is 0.171 e. The lowest BCUT2D eigenvalue weighted by Crippen LogP contribution is -2.45. The monoisotopic (exact) mass is 280 g/mol. The first-order valence-electron chi connectivity index (χ1n) is 6.42. The van der Waals surface area contributed by atoms with Crippen molar-refractivity contribution in [2.45, 2.75) is 25.5 Å². The fourth-order valence-corrected chi connectivity index (χ4v) is 3.31. The Balaban J connectivity index is 2.33. The van der Waals surface area contributed by atoms with Crippen molar-refractivity contribution in [1.82, 2.24) is 4.98 Å². The van der Waals surface area contributed by atoms with Crippen LogP contribution in [0.5, 0.6) is 0 Å². The minimum Gasteiger partial charge on any atom is -0.396 e. The summed E-state index contributed by atoms with van der Waals surface area (Å²) in [7, 11) is 1.61. The Labute approximate surface area is 117 Å². The number of hydrogen-bond acceptors (Lipinski definition) is 5. The molecule has 2 aromatic rings. The van der Waals surface area contributed by atoms with E-state index in [9.17, 15) is 0 Å². The van der Waals surface area contributed by atoms with E-state index in [1.807, 2.05) is 31.2 Å². The third kappa shape index (κ3) is 2.79. The van der Waals surface area contributed by atoms with Crippen molar-refractivity contribution in [2.75, 3.05) is 13.7 Å². The molecule has 0 aliphatic heterocycles. The number of methoxy groups -OCH3 is 1. The van der Waals surface area contributed by atoms with E-state index >= 15 is 0 Å². The highest BCUT2D eigenvalue weighted by molar-refractivity contribution is 7.18. The topological polar surface area (TPSA) is 68.4 Å². The zero-order chi connectivity index (χ0) is 13.9. The van der Waals surface area contributed by atoms with Gasteiger partial charge in [0.1, 0.15) is 5.01 Å². The van der Waals surface area contributed by atoms with Crippen LogP contribution in [0.3, 0.4) is 0 Å². The van der Waals surface area contributed by atoms with Gasteiger partial charge in [-0.1, -0.05) is 19.1 Å². The highest BCUT2D eigenvalue weighted by Crippen LogP contribution is 2.35. The zero-order valence-corrected chi connectivity index (χ0v) is 12.1. The summed E-state index contributed by atoms with van der Waals surface area (Å²) in [6.07, 6.45) is 1.52. The molecule has 0 fully saturated rings. The summed E-state index contributed by atoms with van der Waals surface area (Å²) < 4.78 is 6.67. The van der Waals surface area contributed by atoms with Gasteiger partial charge in [-0.3, -0.25) is 5.73 Å². The Morgan fingerprint density at radius 3 is 2.84 bits per heavy atom. The number of aliphatic hydroxyl groups is 1. The van der Waals surface area contributed by atoms with Gasteiger partial charge in [0.05, 0.1) is 10.2 Å². The molecule has 0 bridgehead atoms. The normalized spacial score (nSPS) is 16.4. The second-order valence-corrected chi connectivity index (χ2v) is 5.78. The molecule has 0 saturated heterocycles. The number of ether oxygens (including phenoxy) is 1. The molecule has 1 aromatic heterocycles. The fourth-order valence-electron chi connectivity index (χ4n) is 2.15. The van der Waals surface area contributed by atoms with Gasteiger partial charge >= 0.3 is 0 Å². The van der Waals surface area contributed by atoms with Crippen LogP contribution in [0.1, 0.15) is 24.8 Å². The maximum atomic E-state index is 8.94. The van der Waals surface area contributed by atoms with Crippen molar-refractivity contribution in [3.05, 3.63) is 29.3 Å². The van der Waals surface area contributed by atoms with E-state index in [1.165, 1.54) is 0 Å². The Morgan fingerprint density at radius 1 is 1.47 bits per heavy atom. The van der Waals surface area contributed by atoms with Crippen molar-refractivity contribution in [3.63, 3.8) is 0 Å². The third-order valence-corrected chi connectivity index (χ3v) is 4.66. The molecule has 5 heteroatoms. The molecule has 1 aromatic carbocycles. The molecule has 104 valence electrons. The van der Waals surface area contributed by atoms with Crippen LogP contribution in [0.2, 0.25) is 0 Å². The number of thiazole rings is 1. The Morgan fingerprint density at radius 2 is 2.21 bits per heavy atom. The van der Waals surface area contributed by atoms with E-state index in [0.717, 1.165) is 21.6 Å². The molecule has 19 heavy (non-hydrogen) atoms. The average Bonchev–Trinajstić information content (AvgIpc) is 2.88. The van der Waals surface area contributed by atoms with Crippen molar-refractivity contribution in [3.8, 4) is 0 Å². The number of rotatable bonds is 6. The van der Waals surface area contributed by atoms with Crippen LogP contribution in [-0.4, -0.2) is 23.8 Å². The lowest BCUT2D eigenvalue weighted by Gasteiger charge is -2.32. The lowest BCUT2D eigenvalue weighted by atomic mass is 9.94. The molecule has 2 atom stereocenters. The Kier molecular flexibility index (Phi) is 4.52. The number of nitrogens with zero attached hydrogens (tertiary/aromatic N) is 1. The highest BCUT2D eigenvalue weighted by Gasteiger charge is 2.36. The number of benzene rings is 1. The quantitative estimate of drug-likeness (QED) is 0.798. The highest BCUT2D eigenvalue weighted by atomic mass is 32.1. The van der Waals surface area contributed by atoms with Gasteiger partial charge in [0.15, 0.2) is 5.72 Å². The largest absolute Gasteiger partial charge is 0.396 e. The van der Waals surface area contributed by atoms with Crippen LogP contribution in [0.15, 0.2) is 24.3 Å². The fraction of sp³-hybridized carbons (Fsp3) is 0.500. The van der Waals surface area contributed by atoms with Crippen LogP contribution in [0.25, 0.3) is 10.2 Å². The molecule has 0 radical (unpaired) electrons. The summed E-state index contributed by atoms with van der Waals surface area (Å²) in [5, 5.41) is 9.74. The van der Waals surface area contributed by atoms with E-state index in [0.29, 0.717) is 6.42 Å². The van der Waals surface area contributed by atoms with E-state index in [4.69, 9.17) is 15.6 Å². The summed E-state index contributed by atoms with van der Waals surface area (Å²) in [6, 6.07) is 7.96. The summed E-state index contributed by atoms with van der Waals surface area (Å²) in [4.78, 5) is 4.59. The predicted octanol–water partition coefficient (Wildman–Crippen LogP) is 2.46. The van der Waals surface area contributed by atoms with Crippen molar-refractivity contribution in [2.24, 2.45) is 11.7 Å². The Hall–Kier alpha value is -1.01. The molecule has 1 heterocycles. The smallest absolute Gasteiger partial charge is 0.171 e. The molecule has 0 spiro atoms. The molecule has 2 rings (SSSR count). The van der Waals surface area contributed by atoms with Gasteiger partial charge in [0.25, 0.3) is 0 Å². The zero-order valence-electron chi connectivity index (χ0n) is 11.3. The molecule has 0 aliphatic carbocycles. The second-order valence-electron chi connectivity index (χ2n) is 4.75. The van der Waals surface area contributed by atoms with Crippen molar-refractivity contribution >= 4 is 21.6 Å². The van der Waals surface area contributed by atoms with E-state index < -0.39 is 5.72 Å². The van der Waals surface area contributed by atoms with Gasteiger partial charge in [0.2, 0.25) is 0 Å². The molecule has 2 unspecified atom stereocenters. The maximum absolute atomic E-state index is 8.94. The van der Waals surface area contributed by atoms with Crippen LogP contribution in [0, 0.1) is 5.92 Å². The van der Waals surface area contributed by atoms with Crippen molar-refractivity contribution in [1.29, 1.82) is 0 Å². The first-order valence-corrected chi connectivity index (χ1v) is 7.24. The second kappa shape index (κ2) is 5.96. The van der Waals surface area contributed by atoms with Gasteiger partial charge in [-0.05, 0) is 25.0 Å². The molecule has 0 aliphatic rings. The summed E-state index contributed by atoms with van der Waals surface area (Å²) >= 11 is 1.57. The van der Waals surface area contributed by atoms with Crippen LogP contribution in [0.4, 0.5) is 0 Å². The summed E-state index contributed by atoms with van der Waals surface area (Å²) in [6.45, 7) is 2.20. The average molecular weight is 280 g/mol. The minimum absolute atomic E-state index is 0.0882. The van der Waals surface area contributed by atoms with Gasteiger partial charge in [-0.15, -0.1) is 11.3 Å². The minimum atomic E-state index is -0.890. The summed E-state index contributed by atoms with van der Waals surface area (Å²) in [5.41, 5.74) is 6.47. The molecule has 4 nitrogen and oxygen atoms in total. The third-order valence-electron chi connectivity index (χ3n) is 3.49. The number of para-hydroxylation sites is 1. The molecule has 0 amide bonds. The summed E-state index contributed by atoms with van der Waals surface area (Å²) in [5.74, 6) is 0.0882. The SMILES string of the molecule is COC(N)(c1nc2ccccc2s1)C(C)CCCO. The number of aliphatic hydroxyl groups excluding tert-OH is 1. The van der Waals surface area contributed by atoms with Crippen LogP contribution >= 0.6 is 11.3 Å². The van der Waals surface area contributed by atoms with Crippen molar-refractivity contribution < 1.29 is 9.84 Å².